The Balaban J connectivity index is 1.14. The van der Waals surface area contributed by atoms with E-state index in [-0.39, 0.29) is 11.8 Å². The summed E-state index contributed by atoms with van der Waals surface area (Å²) in [4.78, 5) is 23.4. The fourth-order valence-corrected chi connectivity index (χ4v) is 5.89. The van der Waals surface area contributed by atoms with Gasteiger partial charge in [0.05, 0.1) is 22.7 Å². The summed E-state index contributed by atoms with van der Waals surface area (Å²) in [5.41, 5.74) is 4.73. The van der Waals surface area contributed by atoms with Gasteiger partial charge in [0.1, 0.15) is 6.33 Å². The average molecular weight is 637 g/mol. The summed E-state index contributed by atoms with van der Waals surface area (Å²) in [5.74, 6) is 1.05. The predicted octanol–water partition coefficient (Wildman–Crippen LogP) is 7.33. The zero-order chi connectivity index (χ0) is 31.4. The smallest absolute Gasteiger partial charge is 0.361 e. The van der Waals surface area contributed by atoms with Gasteiger partial charge in [-0.05, 0) is 84.9 Å². The predicted molar refractivity (Wildman–Crippen MR) is 173 cm³/mol. The van der Waals surface area contributed by atoms with Gasteiger partial charge in [-0.1, -0.05) is 62.0 Å². The van der Waals surface area contributed by atoms with Gasteiger partial charge in [0.2, 0.25) is 5.91 Å². The summed E-state index contributed by atoms with van der Waals surface area (Å²) in [7, 11) is 0. The van der Waals surface area contributed by atoms with E-state index in [1.165, 1.54) is 34.9 Å². The van der Waals surface area contributed by atoms with Crippen LogP contribution in [0.25, 0.3) is 17.1 Å². The molecular formula is C32H31F3N6OS2. The average Bonchev–Trinajstić information content (AvgIpc) is 3.62. The van der Waals surface area contributed by atoms with Gasteiger partial charge in [-0.3, -0.25) is 9.69 Å². The topological polar surface area (TPSA) is 75.4 Å². The highest BCUT2D eigenvalue weighted by molar-refractivity contribution is 8.15. The number of amidine groups is 1. The minimum absolute atomic E-state index is 0.00551. The number of nitrogens with one attached hydrogen (secondary N) is 1. The number of aryl methyl sites for hydroxylation is 2. The van der Waals surface area contributed by atoms with Crippen molar-refractivity contribution >= 4 is 45.9 Å². The summed E-state index contributed by atoms with van der Waals surface area (Å²) < 4.78 is 40.0. The second-order valence-electron chi connectivity index (χ2n) is 10.7. The van der Waals surface area contributed by atoms with Crippen molar-refractivity contribution in [2.45, 2.75) is 45.7 Å². The number of thiocarbonyl (C=S) groups is 1. The molecule has 0 saturated carbocycles. The van der Waals surface area contributed by atoms with Crippen molar-refractivity contribution in [3.8, 4) is 17.1 Å². The van der Waals surface area contributed by atoms with Crippen molar-refractivity contribution in [1.82, 2.24) is 20.1 Å². The lowest BCUT2D eigenvalue weighted by Gasteiger charge is -2.22. The molecule has 1 saturated heterocycles. The number of carbonyl (C=O) groups is 1. The molecule has 0 unspecified atom stereocenters. The maximum atomic E-state index is 12.8. The van der Waals surface area contributed by atoms with E-state index < -0.39 is 11.7 Å². The Labute approximate surface area is 263 Å². The number of nitrogens with zero attached hydrogens (tertiary/aromatic N) is 5. The van der Waals surface area contributed by atoms with E-state index in [4.69, 9.17) is 12.2 Å². The number of amides is 1. The molecule has 5 rings (SSSR count). The number of benzene rings is 3. The first kappa shape index (κ1) is 31.4. The number of aliphatic imine (C=N–C) groups is 1. The summed E-state index contributed by atoms with van der Waals surface area (Å²) >= 11 is 6.88. The van der Waals surface area contributed by atoms with Crippen LogP contribution < -0.4 is 10.2 Å². The zero-order valence-corrected chi connectivity index (χ0v) is 26.1. The fourth-order valence-electron chi connectivity index (χ4n) is 4.77. The summed E-state index contributed by atoms with van der Waals surface area (Å²) in [5, 5.41) is 8.54. The Morgan fingerprint density at radius 1 is 1.09 bits per heavy atom. The second kappa shape index (κ2) is 13.3. The molecule has 12 heteroatoms. The molecule has 0 atom stereocenters. The minimum Gasteiger partial charge on any atom is -0.361 e. The first-order valence-corrected chi connectivity index (χ1v) is 15.5. The fraction of sp³-hybridized carbons (Fsp3) is 0.281. The van der Waals surface area contributed by atoms with Crippen LogP contribution in [0.1, 0.15) is 48.4 Å². The number of anilines is 1. The summed E-state index contributed by atoms with van der Waals surface area (Å²) in [6.45, 7) is 6.84. The number of thioether (sulfide) groups is 1. The second-order valence-corrected chi connectivity index (χ2v) is 12.0. The van der Waals surface area contributed by atoms with Gasteiger partial charge < -0.3 is 5.32 Å². The van der Waals surface area contributed by atoms with Crippen molar-refractivity contribution in [3.05, 3.63) is 95.3 Å². The molecule has 4 aromatic rings. The van der Waals surface area contributed by atoms with E-state index in [1.54, 1.807) is 4.90 Å². The number of hydrogen-bond donors (Lipinski definition) is 1. The van der Waals surface area contributed by atoms with Crippen LogP contribution in [-0.4, -0.2) is 43.2 Å². The number of halogens is 3. The Morgan fingerprint density at radius 3 is 2.50 bits per heavy atom. The Hall–Kier alpha value is -4.03. The van der Waals surface area contributed by atoms with Crippen LogP contribution in [0.2, 0.25) is 0 Å². The molecule has 0 aliphatic carbocycles. The highest BCUT2D eigenvalue weighted by Crippen LogP contribution is 2.34. The lowest BCUT2D eigenvalue weighted by Crippen LogP contribution is -2.32. The number of rotatable bonds is 8. The molecule has 1 aliphatic heterocycles. The Kier molecular flexibility index (Phi) is 9.50. The molecule has 1 N–H and O–H groups in total. The van der Waals surface area contributed by atoms with Crippen molar-refractivity contribution in [1.29, 1.82) is 0 Å². The zero-order valence-electron chi connectivity index (χ0n) is 24.4. The van der Waals surface area contributed by atoms with Crippen LogP contribution in [0.15, 0.2) is 78.0 Å². The quantitative estimate of drug-likeness (QED) is 0.161. The monoisotopic (exact) mass is 636 g/mol. The number of alkyl halides is 3. The van der Waals surface area contributed by atoms with Gasteiger partial charge >= 0.3 is 6.18 Å². The van der Waals surface area contributed by atoms with Crippen molar-refractivity contribution in [2.75, 3.05) is 17.2 Å². The normalized spacial score (nSPS) is 14.6. The molecule has 0 bridgehead atoms. The van der Waals surface area contributed by atoms with E-state index in [0.717, 1.165) is 52.9 Å². The third kappa shape index (κ3) is 7.36. The lowest BCUT2D eigenvalue weighted by atomic mass is 9.99. The molecule has 0 radical (unpaired) electrons. The molecule has 228 valence electrons. The van der Waals surface area contributed by atoms with Crippen LogP contribution in [0.5, 0.6) is 0 Å². The third-order valence-corrected chi connectivity index (χ3v) is 8.25. The molecule has 44 heavy (non-hydrogen) atoms. The highest BCUT2D eigenvalue weighted by Gasteiger charge is 2.32. The summed E-state index contributed by atoms with van der Waals surface area (Å²) in [6, 6.07) is 18.8. The van der Waals surface area contributed by atoms with Crippen LogP contribution in [-0.2, 0) is 17.4 Å². The Morgan fingerprint density at radius 2 is 1.82 bits per heavy atom. The van der Waals surface area contributed by atoms with E-state index in [0.29, 0.717) is 34.1 Å². The number of carbonyl (C=O) groups excluding carboxylic acids is 1. The molecule has 3 aromatic carbocycles. The van der Waals surface area contributed by atoms with Crippen molar-refractivity contribution < 1.29 is 18.0 Å². The van der Waals surface area contributed by atoms with Gasteiger partial charge in [0, 0.05) is 12.1 Å². The SMILES string of the molecule is Cc1ccc(C(C)C)c(N2C(=O)CSC2=NC(=S)NCCCc2ccc(-c3ncn(-c4ccc(C(F)(F)F)cc4)n3)cc2)c1. The van der Waals surface area contributed by atoms with E-state index in [1.807, 2.05) is 37.3 Å². The third-order valence-electron chi connectivity index (χ3n) is 7.09. The number of hydrogen-bond acceptors (Lipinski definition) is 5. The molecule has 1 fully saturated rings. The maximum Gasteiger partial charge on any atom is 0.416 e. The lowest BCUT2D eigenvalue weighted by molar-refractivity contribution is -0.137. The van der Waals surface area contributed by atoms with Gasteiger partial charge in [-0.15, -0.1) is 5.10 Å². The van der Waals surface area contributed by atoms with Crippen LogP contribution in [0.4, 0.5) is 18.9 Å². The molecule has 1 amide bonds. The van der Waals surface area contributed by atoms with E-state index >= 15 is 0 Å². The largest absolute Gasteiger partial charge is 0.416 e. The molecule has 2 heterocycles. The summed E-state index contributed by atoms with van der Waals surface area (Å²) in [6.07, 6.45) is -1.29. The van der Waals surface area contributed by atoms with Gasteiger partial charge in [0.15, 0.2) is 16.1 Å². The van der Waals surface area contributed by atoms with E-state index in [2.05, 4.69) is 46.4 Å². The van der Waals surface area contributed by atoms with Crippen LogP contribution in [0.3, 0.4) is 0 Å². The van der Waals surface area contributed by atoms with Gasteiger partial charge in [-0.25, -0.2) is 9.67 Å². The first-order valence-electron chi connectivity index (χ1n) is 14.1. The van der Waals surface area contributed by atoms with Crippen LogP contribution in [0, 0.1) is 6.92 Å². The van der Waals surface area contributed by atoms with Crippen molar-refractivity contribution in [3.63, 3.8) is 0 Å². The van der Waals surface area contributed by atoms with Crippen molar-refractivity contribution in [2.24, 2.45) is 4.99 Å². The highest BCUT2D eigenvalue weighted by atomic mass is 32.2. The van der Waals surface area contributed by atoms with Gasteiger partial charge in [-0.2, -0.15) is 18.2 Å². The first-order chi connectivity index (χ1) is 21.0. The molecular weight excluding hydrogens is 606 g/mol. The standard InChI is InChI=1S/C32H31F3N6OS2/c1-20(2)26-15-6-21(3)17-27(26)41-28(42)18-44-31(41)38-30(43)36-16-4-5-22-7-9-23(10-8-22)29-37-19-40(39-29)25-13-11-24(12-14-25)32(33,34)35/h6-15,17,19-20H,4-5,16,18H2,1-3H3,(H,36,43). The molecule has 7 nitrogen and oxygen atoms in total. The molecule has 0 spiro atoms. The van der Waals surface area contributed by atoms with Gasteiger partial charge in [0.25, 0.3) is 0 Å². The molecule has 1 aliphatic rings. The van der Waals surface area contributed by atoms with E-state index in [9.17, 15) is 18.0 Å². The maximum absolute atomic E-state index is 12.8. The number of aromatic nitrogens is 3. The minimum atomic E-state index is -4.39. The Bertz CT molecular complexity index is 1680. The molecule has 1 aromatic heterocycles. The van der Waals surface area contributed by atoms with Crippen LogP contribution >= 0.6 is 24.0 Å².